The van der Waals surface area contributed by atoms with Gasteiger partial charge in [-0.25, -0.2) is 4.79 Å². The van der Waals surface area contributed by atoms with Gasteiger partial charge in [-0.15, -0.1) is 0 Å². The fourth-order valence-electron chi connectivity index (χ4n) is 3.50. The van der Waals surface area contributed by atoms with Crippen LogP contribution in [0.4, 0.5) is 10.5 Å². The highest BCUT2D eigenvalue weighted by molar-refractivity contribution is 5.97. The minimum absolute atomic E-state index is 0.0298. The van der Waals surface area contributed by atoms with Gasteiger partial charge in [0.1, 0.15) is 17.0 Å². The van der Waals surface area contributed by atoms with Gasteiger partial charge < -0.3 is 15.3 Å². The van der Waals surface area contributed by atoms with E-state index in [1.54, 1.807) is 6.92 Å². The summed E-state index contributed by atoms with van der Waals surface area (Å²) >= 11 is 0. The molecule has 118 valence electrons. The first-order valence-corrected chi connectivity index (χ1v) is 7.12. The molecule has 1 fully saturated rings. The van der Waals surface area contributed by atoms with Crippen molar-refractivity contribution in [3.63, 3.8) is 0 Å². The predicted molar refractivity (Wildman–Crippen MR) is 79.3 cm³/mol. The Labute approximate surface area is 126 Å². The van der Waals surface area contributed by atoms with E-state index in [1.165, 1.54) is 10.6 Å². The number of pyridine rings is 1. The molecule has 0 bridgehead atoms. The molecule has 1 unspecified atom stereocenters. The van der Waals surface area contributed by atoms with Crippen molar-refractivity contribution in [1.82, 2.24) is 14.8 Å². The number of piperidine rings is 1. The van der Waals surface area contributed by atoms with E-state index in [4.69, 9.17) is 5.11 Å². The molecule has 1 saturated heterocycles. The quantitative estimate of drug-likeness (QED) is 0.695. The molecule has 3 N–H and O–H groups in total. The first-order chi connectivity index (χ1) is 10.3. The van der Waals surface area contributed by atoms with Gasteiger partial charge in [0.2, 0.25) is 0 Å². The first-order valence-electron chi connectivity index (χ1n) is 7.12. The zero-order valence-corrected chi connectivity index (χ0v) is 12.5. The van der Waals surface area contributed by atoms with Crippen molar-refractivity contribution in [3.8, 4) is 0 Å². The Morgan fingerprint density at radius 1 is 1.45 bits per heavy atom. The molecule has 2 aliphatic rings. The molecule has 1 aromatic heterocycles. The third kappa shape index (κ3) is 2.07. The number of fused-ring (bicyclic) bond motifs is 2. The standard InChI is InChI=1S/C14H18N4O4/c1-8-6-9(15-13(21)22)12(20)18-10(8)11(19)16-14(18)4-3-5-17(2)7-14/h6,15H,3-5,7H2,1-2H3,(H,16,19)(H,21,22). The summed E-state index contributed by atoms with van der Waals surface area (Å²) in [6.45, 7) is 3.11. The summed E-state index contributed by atoms with van der Waals surface area (Å²) < 4.78 is 1.44. The molecule has 22 heavy (non-hydrogen) atoms. The highest BCUT2D eigenvalue weighted by atomic mass is 16.4. The molecule has 3 heterocycles. The van der Waals surface area contributed by atoms with E-state index >= 15 is 0 Å². The largest absolute Gasteiger partial charge is 0.465 e. The van der Waals surface area contributed by atoms with Gasteiger partial charge in [0.15, 0.2) is 0 Å². The fourth-order valence-corrected chi connectivity index (χ4v) is 3.50. The Kier molecular flexibility index (Phi) is 3.21. The second kappa shape index (κ2) is 4.84. The molecular formula is C14H18N4O4. The molecule has 1 aromatic rings. The second-order valence-corrected chi connectivity index (χ2v) is 5.99. The summed E-state index contributed by atoms with van der Waals surface area (Å²) in [5.74, 6) is -0.285. The van der Waals surface area contributed by atoms with Gasteiger partial charge in [-0.05, 0) is 45.0 Å². The van der Waals surface area contributed by atoms with Crippen LogP contribution < -0.4 is 16.2 Å². The van der Waals surface area contributed by atoms with Crippen molar-refractivity contribution in [2.45, 2.75) is 25.4 Å². The Bertz CT molecular complexity index is 726. The first kappa shape index (κ1) is 14.6. The third-order valence-electron chi connectivity index (χ3n) is 4.28. The summed E-state index contributed by atoms with van der Waals surface area (Å²) in [7, 11) is 1.93. The molecule has 0 aliphatic carbocycles. The van der Waals surface area contributed by atoms with Gasteiger partial charge in [-0.1, -0.05) is 0 Å². The van der Waals surface area contributed by atoms with Crippen LogP contribution in [0.2, 0.25) is 0 Å². The minimum Gasteiger partial charge on any atom is -0.465 e. The molecule has 1 atom stereocenters. The number of carbonyl (C=O) groups is 2. The van der Waals surface area contributed by atoms with E-state index in [-0.39, 0.29) is 11.6 Å². The molecule has 0 aromatic carbocycles. The molecule has 2 aliphatic heterocycles. The number of nitrogens with one attached hydrogen (secondary N) is 2. The molecule has 0 radical (unpaired) electrons. The monoisotopic (exact) mass is 306 g/mol. The van der Waals surface area contributed by atoms with Crippen LogP contribution in [0.1, 0.15) is 28.9 Å². The molecule has 8 nitrogen and oxygen atoms in total. The Balaban J connectivity index is 2.21. The number of amides is 2. The van der Waals surface area contributed by atoms with Crippen LogP contribution in [-0.4, -0.2) is 46.7 Å². The molecule has 1 spiro atoms. The number of hydrogen-bond donors (Lipinski definition) is 3. The number of likely N-dealkylation sites (N-methyl/N-ethyl adjacent to an activating group) is 1. The lowest BCUT2D eigenvalue weighted by molar-refractivity contribution is 0.0755. The number of carbonyl (C=O) groups excluding carboxylic acids is 1. The summed E-state index contributed by atoms with van der Waals surface area (Å²) in [5.41, 5.74) is -0.422. The van der Waals surface area contributed by atoms with E-state index in [9.17, 15) is 14.4 Å². The highest BCUT2D eigenvalue weighted by Gasteiger charge is 2.46. The van der Waals surface area contributed by atoms with E-state index in [0.29, 0.717) is 24.2 Å². The lowest BCUT2D eigenvalue weighted by atomic mass is 9.98. The SMILES string of the molecule is Cc1cc(NC(=O)O)c(=O)n2c1C(=O)NC21CCCN(C)C1. The maximum atomic E-state index is 12.7. The fraction of sp³-hybridized carbons (Fsp3) is 0.500. The number of rotatable bonds is 1. The third-order valence-corrected chi connectivity index (χ3v) is 4.28. The average molecular weight is 306 g/mol. The van der Waals surface area contributed by atoms with Crippen LogP contribution in [0.15, 0.2) is 10.9 Å². The topological polar surface area (TPSA) is 104 Å². The maximum absolute atomic E-state index is 12.7. The number of likely N-dealkylation sites (tertiary alicyclic amines) is 1. The Hall–Kier alpha value is -2.35. The number of carboxylic acid groups (broad SMARTS) is 1. The smallest absolute Gasteiger partial charge is 0.409 e. The second-order valence-electron chi connectivity index (χ2n) is 5.99. The number of nitrogens with zero attached hydrogens (tertiary/aromatic N) is 2. The van der Waals surface area contributed by atoms with Crippen LogP contribution in [-0.2, 0) is 5.66 Å². The van der Waals surface area contributed by atoms with Gasteiger partial charge in [-0.2, -0.15) is 0 Å². The van der Waals surface area contributed by atoms with Gasteiger partial charge >= 0.3 is 6.09 Å². The lowest BCUT2D eigenvalue weighted by Gasteiger charge is -2.39. The van der Waals surface area contributed by atoms with Crippen LogP contribution in [0, 0.1) is 6.92 Å². The van der Waals surface area contributed by atoms with Crippen LogP contribution >= 0.6 is 0 Å². The zero-order chi connectivity index (χ0) is 16.1. The van der Waals surface area contributed by atoms with E-state index in [1.807, 2.05) is 7.05 Å². The number of aryl methyl sites for hydroxylation is 1. The summed E-state index contributed by atoms with van der Waals surface area (Å²) in [4.78, 5) is 37.9. The average Bonchev–Trinajstić information content (AvgIpc) is 2.67. The minimum atomic E-state index is -1.30. The highest BCUT2D eigenvalue weighted by Crippen LogP contribution is 2.32. The molecule has 2 amide bonds. The van der Waals surface area contributed by atoms with E-state index < -0.39 is 17.3 Å². The van der Waals surface area contributed by atoms with Gasteiger partial charge in [0.05, 0.1) is 0 Å². The van der Waals surface area contributed by atoms with Crippen molar-refractivity contribution in [2.75, 3.05) is 25.5 Å². The van der Waals surface area contributed by atoms with Gasteiger partial charge in [0, 0.05) is 6.54 Å². The van der Waals surface area contributed by atoms with Crippen LogP contribution in [0.25, 0.3) is 0 Å². The van der Waals surface area contributed by atoms with Crippen molar-refractivity contribution < 1.29 is 14.7 Å². The van der Waals surface area contributed by atoms with Crippen molar-refractivity contribution in [1.29, 1.82) is 0 Å². The molecule has 3 rings (SSSR count). The van der Waals surface area contributed by atoms with E-state index in [0.717, 1.165) is 13.0 Å². The molecule has 8 heteroatoms. The van der Waals surface area contributed by atoms with Crippen LogP contribution in [0.5, 0.6) is 0 Å². The molecular weight excluding hydrogens is 288 g/mol. The Morgan fingerprint density at radius 2 is 2.18 bits per heavy atom. The predicted octanol–water partition coefficient (Wildman–Crippen LogP) is 0.368. The van der Waals surface area contributed by atoms with E-state index in [2.05, 4.69) is 15.5 Å². The lowest BCUT2D eigenvalue weighted by Crippen LogP contribution is -2.57. The summed E-state index contributed by atoms with van der Waals surface area (Å²) in [5, 5.41) is 13.9. The number of hydrogen-bond acceptors (Lipinski definition) is 4. The van der Waals surface area contributed by atoms with Gasteiger partial charge in [-0.3, -0.25) is 19.5 Å². The number of anilines is 1. The van der Waals surface area contributed by atoms with Crippen molar-refractivity contribution in [3.05, 3.63) is 27.7 Å². The zero-order valence-electron chi connectivity index (χ0n) is 12.5. The van der Waals surface area contributed by atoms with Crippen molar-refractivity contribution in [2.24, 2.45) is 0 Å². The van der Waals surface area contributed by atoms with Gasteiger partial charge in [0.25, 0.3) is 11.5 Å². The number of aromatic nitrogens is 1. The summed E-state index contributed by atoms with van der Waals surface area (Å²) in [6.07, 6.45) is 0.189. The summed E-state index contributed by atoms with van der Waals surface area (Å²) in [6, 6.07) is 1.41. The van der Waals surface area contributed by atoms with Crippen molar-refractivity contribution >= 4 is 17.7 Å². The normalized spacial score (nSPS) is 24.2. The molecule has 0 saturated carbocycles. The Morgan fingerprint density at radius 3 is 2.82 bits per heavy atom. The van der Waals surface area contributed by atoms with Crippen LogP contribution in [0.3, 0.4) is 0 Å². The maximum Gasteiger partial charge on any atom is 0.409 e.